The molecule has 1 amide bonds. The van der Waals surface area contributed by atoms with E-state index in [4.69, 9.17) is 9.73 Å². The summed E-state index contributed by atoms with van der Waals surface area (Å²) in [4.78, 5) is 18.6. The highest BCUT2D eigenvalue weighted by Gasteiger charge is 2.19. The third-order valence-electron chi connectivity index (χ3n) is 5.48. The second-order valence-corrected chi connectivity index (χ2v) is 7.91. The van der Waals surface area contributed by atoms with E-state index in [0.717, 1.165) is 60.9 Å². The molecule has 1 saturated heterocycles. The Morgan fingerprint density at radius 2 is 1.97 bits per heavy atom. The van der Waals surface area contributed by atoms with Gasteiger partial charge >= 0.3 is 0 Å². The van der Waals surface area contributed by atoms with Gasteiger partial charge in [0.2, 0.25) is 5.91 Å². The second kappa shape index (κ2) is 11.4. The van der Waals surface area contributed by atoms with Crippen LogP contribution in [0, 0.1) is 6.92 Å². The van der Waals surface area contributed by atoms with E-state index >= 15 is 0 Å². The van der Waals surface area contributed by atoms with Crippen molar-refractivity contribution in [1.29, 1.82) is 0 Å². The molecule has 0 radical (unpaired) electrons. The lowest BCUT2D eigenvalue weighted by Crippen LogP contribution is -2.38. The molecule has 0 atom stereocenters. The highest BCUT2D eigenvalue weighted by atomic mass is 16.5. The van der Waals surface area contributed by atoms with Gasteiger partial charge < -0.3 is 20.3 Å². The number of benzene rings is 2. The number of nitrogens with zero attached hydrogens (tertiary/aromatic N) is 2. The minimum absolute atomic E-state index is 0.258. The Hall–Kier alpha value is -3.02. The molecular formula is C25H34N4O2. The van der Waals surface area contributed by atoms with Gasteiger partial charge in [-0.15, -0.1) is 0 Å². The number of amides is 1. The number of guanidine groups is 1. The molecule has 0 aliphatic carbocycles. The smallest absolute Gasteiger partial charge is 0.222 e. The standard InChI is InChI=1S/C25H34N4O2/c1-4-26-25(27-13-12-20-11-10-19(2)23(16-20)31-3)28-17-21-7-5-8-22(15-21)18-29-14-6-9-24(29)30/h5,7-8,10-11,15-16H,4,6,9,12-14,17-18H2,1-3H3,(H2,26,27,28). The van der Waals surface area contributed by atoms with Gasteiger partial charge in [-0.25, -0.2) is 4.99 Å². The Bertz CT molecular complexity index is 910. The molecule has 0 bridgehead atoms. The van der Waals surface area contributed by atoms with E-state index in [1.54, 1.807) is 7.11 Å². The molecule has 2 N–H and O–H groups in total. The first-order valence-electron chi connectivity index (χ1n) is 11.1. The van der Waals surface area contributed by atoms with Gasteiger partial charge in [-0.3, -0.25) is 4.79 Å². The lowest BCUT2D eigenvalue weighted by Gasteiger charge is -2.16. The predicted molar refractivity (Wildman–Crippen MR) is 125 cm³/mol. The number of ether oxygens (including phenoxy) is 1. The number of rotatable bonds is 9. The number of aliphatic imine (C=N–C) groups is 1. The third-order valence-corrected chi connectivity index (χ3v) is 5.48. The van der Waals surface area contributed by atoms with E-state index in [1.165, 1.54) is 5.56 Å². The average molecular weight is 423 g/mol. The minimum atomic E-state index is 0.258. The summed E-state index contributed by atoms with van der Waals surface area (Å²) < 4.78 is 5.42. The molecule has 31 heavy (non-hydrogen) atoms. The largest absolute Gasteiger partial charge is 0.496 e. The molecule has 1 fully saturated rings. The van der Waals surface area contributed by atoms with Gasteiger partial charge in [-0.2, -0.15) is 0 Å². The predicted octanol–water partition coefficient (Wildman–Crippen LogP) is 3.42. The quantitative estimate of drug-likeness (QED) is 0.480. The van der Waals surface area contributed by atoms with Gasteiger partial charge in [-0.05, 0) is 55.0 Å². The lowest BCUT2D eigenvalue weighted by atomic mass is 10.1. The van der Waals surface area contributed by atoms with E-state index in [2.05, 4.69) is 60.9 Å². The van der Waals surface area contributed by atoms with Gasteiger partial charge in [0.25, 0.3) is 0 Å². The van der Waals surface area contributed by atoms with Gasteiger partial charge in [0.1, 0.15) is 5.75 Å². The lowest BCUT2D eigenvalue weighted by molar-refractivity contribution is -0.128. The summed E-state index contributed by atoms with van der Waals surface area (Å²) in [6, 6.07) is 14.7. The Kier molecular flexibility index (Phi) is 8.33. The van der Waals surface area contributed by atoms with Crippen molar-refractivity contribution in [1.82, 2.24) is 15.5 Å². The van der Waals surface area contributed by atoms with Crippen molar-refractivity contribution in [3.63, 3.8) is 0 Å². The first-order chi connectivity index (χ1) is 15.1. The van der Waals surface area contributed by atoms with Crippen LogP contribution in [0.25, 0.3) is 0 Å². The summed E-state index contributed by atoms with van der Waals surface area (Å²) in [5, 5.41) is 6.73. The highest BCUT2D eigenvalue weighted by molar-refractivity contribution is 5.79. The molecule has 0 saturated carbocycles. The van der Waals surface area contributed by atoms with Crippen LogP contribution >= 0.6 is 0 Å². The molecule has 2 aromatic rings. The van der Waals surface area contributed by atoms with Crippen LogP contribution in [0.5, 0.6) is 5.75 Å². The Morgan fingerprint density at radius 1 is 1.13 bits per heavy atom. The summed E-state index contributed by atoms with van der Waals surface area (Å²) in [6.45, 7) is 7.85. The van der Waals surface area contributed by atoms with E-state index in [0.29, 0.717) is 19.5 Å². The molecule has 1 aliphatic rings. The van der Waals surface area contributed by atoms with Gasteiger partial charge in [0.15, 0.2) is 5.96 Å². The average Bonchev–Trinajstić information content (AvgIpc) is 3.17. The van der Waals surface area contributed by atoms with Crippen LogP contribution in [-0.2, 0) is 24.3 Å². The summed E-state index contributed by atoms with van der Waals surface area (Å²) in [6.07, 6.45) is 2.54. The Morgan fingerprint density at radius 3 is 2.71 bits per heavy atom. The number of nitrogens with one attached hydrogen (secondary N) is 2. The van der Waals surface area contributed by atoms with E-state index in [-0.39, 0.29) is 5.91 Å². The van der Waals surface area contributed by atoms with Crippen LogP contribution in [0.15, 0.2) is 47.5 Å². The molecule has 6 nitrogen and oxygen atoms in total. The first-order valence-corrected chi connectivity index (χ1v) is 11.1. The number of carbonyl (C=O) groups is 1. The number of aryl methyl sites for hydroxylation is 1. The van der Waals surface area contributed by atoms with Gasteiger partial charge in [0.05, 0.1) is 13.7 Å². The zero-order chi connectivity index (χ0) is 22.1. The van der Waals surface area contributed by atoms with Crippen LogP contribution in [0.2, 0.25) is 0 Å². The van der Waals surface area contributed by atoms with Crippen LogP contribution in [0.3, 0.4) is 0 Å². The fraction of sp³-hybridized carbons (Fsp3) is 0.440. The monoisotopic (exact) mass is 422 g/mol. The van der Waals surface area contributed by atoms with E-state index < -0.39 is 0 Å². The maximum atomic E-state index is 11.9. The van der Waals surface area contributed by atoms with E-state index in [9.17, 15) is 4.79 Å². The second-order valence-electron chi connectivity index (χ2n) is 7.91. The zero-order valence-corrected chi connectivity index (χ0v) is 18.9. The summed E-state index contributed by atoms with van der Waals surface area (Å²) in [7, 11) is 1.71. The molecule has 3 rings (SSSR count). The van der Waals surface area contributed by atoms with Crippen LogP contribution < -0.4 is 15.4 Å². The molecule has 166 valence electrons. The summed E-state index contributed by atoms with van der Waals surface area (Å²) in [5.74, 6) is 1.99. The molecule has 6 heteroatoms. The number of hydrogen-bond donors (Lipinski definition) is 2. The number of likely N-dealkylation sites (tertiary alicyclic amines) is 1. The van der Waals surface area contributed by atoms with Crippen molar-refractivity contribution in [2.45, 2.75) is 46.2 Å². The maximum absolute atomic E-state index is 11.9. The number of hydrogen-bond acceptors (Lipinski definition) is 3. The number of carbonyl (C=O) groups excluding carboxylic acids is 1. The molecule has 0 unspecified atom stereocenters. The van der Waals surface area contributed by atoms with Crippen LogP contribution in [-0.4, -0.2) is 43.5 Å². The van der Waals surface area contributed by atoms with Crippen molar-refractivity contribution in [3.8, 4) is 5.75 Å². The SMILES string of the molecule is CCNC(=NCc1cccc(CN2CCCC2=O)c1)NCCc1ccc(C)c(OC)c1. The van der Waals surface area contributed by atoms with Gasteiger partial charge in [0, 0.05) is 32.6 Å². The van der Waals surface area contributed by atoms with Crippen LogP contribution in [0.1, 0.15) is 42.0 Å². The summed E-state index contributed by atoms with van der Waals surface area (Å²) >= 11 is 0. The third kappa shape index (κ3) is 6.74. The minimum Gasteiger partial charge on any atom is -0.496 e. The topological polar surface area (TPSA) is 66.0 Å². The highest BCUT2D eigenvalue weighted by Crippen LogP contribution is 2.19. The molecule has 0 spiro atoms. The first kappa shape index (κ1) is 22.7. The van der Waals surface area contributed by atoms with Crippen LogP contribution in [0.4, 0.5) is 0 Å². The van der Waals surface area contributed by atoms with Crippen molar-refractivity contribution in [2.75, 3.05) is 26.7 Å². The Labute approximate surface area is 185 Å². The van der Waals surface area contributed by atoms with Crippen molar-refractivity contribution < 1.29 is 9.53 Å². The molecule has 1 heterocycles. The normalized spacial score (nSPS) is 14.1. The van der Waals surface area contributed by atoms with Crippen molar-refractivity contribution >= 4 is 11.9 Å². The fourth-order valence-electron chi connectivity index (χ4n) is 3.78. The summed E-state index contributed by atoms with van der Waals surface area (Å²) in [5.41, 5.74) is 4.68. The van der Waals surface area contributed by atoms with Crippen molar-refractivity contribution in [2.24, 2.45) is 4.99 Å². The van der Waals surface area contributed by atoms with E-state index in [1.807, 2.05) is 11.0 Å². The van der Waals surface area contributed by atoms with Gasteiger partial charge in [-0.1, -0.05) is 36.4 Å². The fourth-order valence-corrected chi connectivity index (χ4v) is 3.78. The zero-order valence-electron chi connectivity index (χ0n) is 18.9. The molecule has 2 aromatic carbocycles. The molecule has 0 aromatic heterocycles. The number of methoxy groups -OCH3 is 1. The maximum Gasteiger partial charge on any atom is 0.222 e. The Balaban J connectivity index is 1.55. The molecule has 1 aliphatic heterocycles. The molecular weight excluding hydrogens is 388 g/mol. The van der Waals surface area contributed by atoms with Crippen molar-refractivity contribution in [3.05, 3.63) is 64.7 Å².